The molecule has 104 valence electrons. The summed E-state index contributed by atoms with van der Waals surface area (Å²) in [6.07, 6.45) is 0. The Bertz CT molecular complexity index is 579. The Morgan fingerprint density at radius 1 is 1.00 bits per heavy atom. The van der Waals surface area contributed by atoms with Crippen LogP contribution in [0.25, 0.3) is 5.57 Å². The van der Waals surface area contributed by atoms with Gasteiger partial charge >= 0.3 is 0 Å². The standard InChI is InChI=1S/C17H19NO2/c1-13(14-7-5-4-6-8-14)12-18-15-9-10-16(19-2)17(11-15)20-3/h4-11,18H,1,12H2,2-3H3. The van der Waals surface area contributed by atoms with Crippen molar-refractivity contribution < 1.29 is 9.47 Å². The average Bonchev–Trinajstić information content (AvgIpc) is 2.53. The molecule has 0 radical (unpaired) electrons. The Kier molecular flexibility index (Phi) is 4.66. The van der Waals surface area contributed by atoms with Gasteiger partial charge in [-0.05, 0) is 23.3 Å². The van der Waals surface area contributed by atoms with E-state index in [4.69, 9.17) is 9.47 Å². The first-order valence-corrected chi connectivity index (χ1v) is 6.43. The number of rotatable bonds is 6. The molecule has 3 heteroatoms. The van der Waals surface area contributed by atoms with Crippen molar-refractivity contribution in [1.82, 2.24) is 0 Å². The first-order valence-electron chi connectivity index (χ1n) is 6.43. The second-order valence-corrected chi connectivity index (χ2v) is 4.39. The van der Waals surface area contributed by atoms with Crippen LogP contribution in [0, 0.1) is 0 Å². The van der Waals surface area contributed by atoms with Crippen molar-refractivity contribution in [3.63, 3.8) is 0 Å². The summed E-state index contributed by atoms with van der Waals surface area (Å²) in [5.41, 5.74) is 3.15. The van der Waals surface area contributed by atoms with Gasteiger partial charge in [-0.25, -0.2) is 0 Å². The van der Waals surface area contributed by atoms with Gasteiger partial charge in [0.15, 0.2) is 11.5 Å². The number of hydrogen-bond acceptors (Lipinski definition) is 3. The van der Waals surface area contributed by atoms with Crippen LogP contribution in [0.2, 0.25) is 0 Å². The molecular formula is C17H19NO2. The van der Waals surface area contributed by atoms with E-state index in [1.165, 1.54) is 0 Å². The summed E-state index contributed by atoms with van der Waals surface area (Å²) in [5, 5.41) is 3.33. The summed E-state index contributed by atoms with van der Waals surface area (Å²) in [4.78, 5) is 0. The van der Waals surface area contributed by atoms with E-state index in [1.807, 2.05) is 36.4 Å². The zero-order valence-electron chi connectivity index (χ0n) is 11.8. The van der Waals surface area contributed by atoms with Gasteiger partial charge in [0.05, 0.1) is 14.2 Å². The van der Waals surface area contributed by atoms with E-state index in [9.17, 15) is 0 Å². The van der Waals surface area contributed by atoms with Crippen molar-refractivity contribution in [2.45, 2.75) is 0 Å². The molecule has 0 saturated heterocycles. The highest BCUT2D eigenvalue weighted by Crippen LogP contribution is 2.29. The fourth-order valence-corrected chi connectivity index (χ4v) is 1.93. The molecule has 0 bridgehead atoms. The smallest absolute Gasteiger partial charge is 0.162 e. The topological polar surface area (TPSA) is 30.5 Å². The SMILES string of the molecule is C=C(CNc1ccc(OC)c(OC)c1)c1ccccc1. The van der Waals surface area contributed by atoms with Crippen molar-refractivity contribution in [3.8, 4) is 11.5 Å². The minimum absolute atomic E-state index is 0.680. The molecule has 0 heterocycles. The highest BCUT2D eigenvalue weighted by atomic mass is 16.5. The van der Waals surface area contributed by atoms with Gasteiger partial charge in [-0.1, -0.05) is 36.9 Å². The molecule has 0 aliphatic heterocycles. The lowest BCUT2D eigenvalue weighted by Crippen LogP contribution is -2.03. The number of ether oxygens (including phenoxy) is 2. The fourth-order valence-electron chi connectivity index (χ4n) is 1.93. The van der Waals surface area contributed by atoms with Crippen LogP contribution < -0.4 is 14.8 Å². The number of methoxy groups -OCH3 is 2. The van der Waals surface area contributed by atoms with Gasteiger partial charge in [0.1, 0.15) is 0 Å². The maximum absolute atomic E-state index is 5.28. The van der Waals surface area contributed by atoms with Crippen molar-refractivity contribution in [3.05, 3.63) is 60.7 Å². The van der Waals surface area contributed by atoms with Crippen LogP contribution in [0.15, 0.2) is 55.1 Å². The number of hydrogen-bond donors (Lipinski definition) is 1. The third-order valence-electron chi connectivity index (χ3n) is 3.07. The number of anilines is 1. The van der Waals surface area contributed by atoms with Crippen LogP contribution in [0.3, 0.4) is 0 Å². The number of nitrogens with one attached hydrogen (secondary N) is 1. The molecule has 0 atom stereocenters. The molecule has 0 spiro atoms. The lowest BCUT2D eigenvalue weighted by Gasteiger charge is -2.12. The van der Waals surface area contributed by atoms with Crippen LogP contribution in [-0.2, 0) is 0 Å². The monoisotopic (exact) mass is 269 g/mol. The highest BCUT2D eigenvalue weighted by Gasteiger charge is 2.04. The van der Waals surface area contributed by atoms with Gasteiger partial charge in [0.2, 0.25) is 0 Å². The Balaban J connectivity index is 2.02. The lowest BCUT2D eigenvalue weighted by atomic mass is 10.1. The van der Waals surface area contributed by atoms with Gasteiger partial charge in [0.25, 0.3) is 0 Å². The van der Waals surface area contributed by atoms with Gasteiger partial charge in [-0.15, -0.1) is 0 Å². The van der Waals surface area contributed by atoms with E-state index in [1.54, 1.807) is 14.2 Å². The first-order chi connectivity index (χ1) is 9.74. The fraction of sp³-hybridized carbons (Fsp3) is 0.176. The molecule has 0 amide bonds. The molecule has 0 fully saturated rings. The molecule has 0 unspecified atom stereocenters. The molecule has 20 heavy (non-hydrogen) atoms. The molecule has 2 aromatic carbocycles. The lowest BCUT2D eigenvalue weighted by molar-refractivity contribution is 0.355. The van der Waals surface area contributed by atoms with E-state index in [-0.39, 0.29) is 0 Å². The Morgan fingerprint density at radius 2 is 1.70 bits per heavy atom. The normalized spacial score (nSPS) is 9.90. The average molecular weight is 269 g/mol. The maximum atomic E-state index is 5.28. The van der Waals surface area contributed by atoms with Crippen LogP contribution in [0.5, 0.6) is 11.5 Å². The molecule has 2 rings (SSSR count). The van der Waals surface area contributed by atoms with Crippen molar-refractivity contribution in [2.75, 3.05) is 26.1 Å². The van der Waals surface area contributed by atoms with E-state index in [0.717, 1.165) is 22.6 Å². The molecule has 0 aliphatic rings. The molecule has 0 aliphatic carbocycles. The second kappa shape index (κ2) is 6.66. The van der Waals surface area contributed by atoms with E-state index in [2.05, 4.69) is 24.0 Å². The quantitative estimate of drug-likeness (QED) is 0.864. The summed E-state index contributed by atoms with van der Waals surface area (Å²) in [7, 11) is 3.26. The Hall–Kier alpha value is -2.42. The second-order valence-electron chi connectivity index (χ2n) is 4.39. The van der Waals surface area contributed by atoms with Gasteiger partial charge < -0.3 is 14.8 Å². The molecule has 1 N–H and O–H groups in total. The third-order valence-corrected chi connectivity index (χ3v) is 3.07. The summed E-state index contributed by atoms with van der Waals surface area (Å²) in [6, 6.07) is 15.9. The summed E-state index contributed by atoms with van der Waals surface area (Å²) in [6.45, 7) is 4.78. The highest BCUT2D eigenvalue weighted by molar-refractivity contribution is 5.68. The minimum Gasteiger partial charge on any atom is -0.493 e. The Labute approximate surface area is 119 Å². The molecule has 3 nitrogen and oxygen atoms in total. The summed E-state index contributed by atoms with van der Waals surface area (Å²) < 4.78 is 10.5. The van der Waals surface area contributed by atoms with Crippen molar-refractivity contribution in [2.24, 2.45) is 0 Å². The van der Waals surface area contributed by atoms with Crippen LogP contribution in [0.1, 0.15) is 5.56 Å². The molecule has 2 aromatic rings. The van der Waals surface area contributed by atoms with Crippen LogP contribution in [-0.4, -0.2) is 20.8 Å². The van der Waals surface area contributed by atoms with Crippen molar-refractivity contribution >= 4 is 11.3 Å². The first kappa shape index (κ1) is 14.0. The number of benzene rings is 2. The van der Waals surface area contributed by atoms with Gasteiger partial charge in [0, 0.05) is 18.3 Å². The molecule has 0 aromatic heterocycles. The van der Waals surface area contributed by atoms with Gasteiger partial charge in [-0.3, -0.25) is 0 Å². The van der Waals surface area contributed by atoms with Crippen LogP contribution >= 0.6 is 0 Å². The van der Waals surface area contributed by atoms with Gasteiger partial charge in [-0.2, -0.15) is 0 Å². The predicted molar refractivity (Wildman–Crippen MR) is 83.5 cm³/mol. The minimum atomic E-state index is 0.680. The molecular weight excluding hydrogens is 250 g/mol. The van der Waals surface area contributed by atoms with Crippen LogP contribution in [0.4, 0.5) is 5.69 Å². The zero-order chi connectivity index (χ0) is 14.4. The van der Waals surface area contributed by atoms with E-state index >= 15 is 0 Å². The predicted octanol–water partition coefficient (Wildman–Crippen LogP) is 3.83. The molecule has 0 saturated carbocycles. The van der Waals surface area contributed by atoms with E-state index < -0.39 is 0 Å². The van der Waals surface area contributed by atoms with E-state index in [0.29, 0.717) is 12.3 Å². The van der Waals surface area contributed by atoms with Crippen molar-refractivity contribution in [1.29, 1.82) is 0 Å². The largest absolute Gasteiger partial charge is 0.493 e. The maximum Gasteiger partial charge on any atom is 0.162 e. The Morgan fingerprint density at radius 3 is 2.35 bits per heavy atom. The summed E-state index contributed by atoms with van der Waals surface area (Å²) in [5.74, 6) is 1.43. The third kappa shape index (κ3) is 3.32. The summed E-state index contributed by atoms with van der Waals surface area (Å²) >= 11 is 0. The zero-order valence-corrected chi connectivity index (χ0v) is 11.8.